The van der Waals surface area contributed by atoms with Crippen molar-refractivity contribution in [2.45, 2.75) is 31.7 Å². The average molecular weight is 265 g/mol. The molecule has 1 fully saturated rings. The van der Waals surface area contributed by atoms with Crippen LogP contribution in [-0.4, -0.2) is 0 Å². The third kappa shape index (κ3) is 2.26. The fourth-order valence-corrected chi connectivity index (χ4v) is 2.72. The van der Waals surface area contributed by atoms with Crippen LogP contribution in [0.1, 0.15) is 37.5 Å². The van der Waals surface area contributed by atoms with Crippen LogP contribution in [0.5, 0.6) is 0 Å². The van der Waals surface area contributed by atoms with Crippen LogP contribution >= 0.6 is 11.6 Å². The van der Waals surface area contributed by atoms with Crippen LogP contribution in [0.2, 0.25) is 5.02 Å². The number of fused-ring (bicyclic) bond motifs is 1. The highest BCUT2D eigenvalue weighted by atomic mass is 35.5. The Morgan fingerprint density at radius 3 is 2.89 bits per heavy atom. The van der Waals surface area contributed by atoms with Gasteiger partial charge in [-0.2, -0.15) is 0 Å². The molecule has 1 heterocycles. The Labute approximate surface area is 111 Å². The van der Waals surface area contributed by atoms with Gasteiger partial charge in [0, 0.05) is 10.4 Å². The largest absolute Gasteiger partial charge is 0.459 e. The summed E-state index contributed by atoms with van der Waals surface area (Å²) in [6.45, 7) is 0. The summed E-state index contributed by atoms with van der Waals surface area (Å²) in [6.07, 6.45) is 5.01. The lowest BCUT2D eigenvalue weighted by Crippen LogP contribution is -2.30. The summed E-state index contributed by atoms with van der Waals surface area (Å²) >= 11 is 5.98. The van der Waals surface area contributed by atoms with E-state index in [2.05, 4.69) is 5.43 Å². The minimum absolute atomic E-state index is 0.0986. The molecule has 3 rings (SSSR count). The van der Waals surface area contributed by atoms with Crippen LogP contribution in [0.3, 0.4) is 0 Å². The van der Waals surface area contributed by atoms with E-state index in [9.17, 15) is 0 Å². The minimum atomic E-state index is 0.0986. The molecule has 1 saturated carbocycles. The molecular weight excluding hydrogens is 248 g/mol. The highest BCUT2D eigenvalue weighted by Gasteiger charge is 2.24. The van der Waals surface area contributed by atoms with Crippen molar-refractivity contribution in [3.8, 4) is 0 Å². The number of nitrogens with two attached hydrogens (primary N) is 1. The van der Waals surface area contributed by atoms with E-state index in [4.69, 9.17) is 21.9 Å². The second kappa shape index (κ2) is 4.92. The molecule has 0 saturated heterocycles. The van der Waals surface area contributed by atoms with Gasteiger partial charge in [-0.05, 0) is 36.6 Å². The van der Waals surface area contributed by atoms with E-state index in [0.29, 0.717) is 0 Å². The predicted molar refractivity (Wildman–Crippen MR) is 73.2 cm³/mol. The first-order valence-corrected chi connectivity index (χ1v) is 6.79. The number of hydrogen-bond acceptors (Lipinski definition) is 3. The molecule has 1 aliphatic rings. The van der Waals surface area contributed by atoms with E-state index in [1.54, 1.807) is 0 Å². The van der Waals surface area contributed by atoms with Crippen molar-refractivity contribution in [2.24, 2.45) is 11.8 Å². The lowest BCUT2D eigenvalue weighted by atomic mass is 9.80. The molecule has 2 aromatic rings. The maximum absolute atomic E-state index is 5.98. The number of benzene rings is 1. The second-order valence-electron chi connectivity index (χ2n) is 5.08. The van der Waals surface area contributed by atoms with Gasteiger partial charge in [0.15, 0.2) is 0 Å². The highest BCUT2D eigenvalue weighted by molar-refractivity contribution is 6.31. The zero-order valence-corrected chi connectivity index (χ0v) is 10.9. The van der Waals surface area contributed by atoms with Crippen LogP contribution in [0, 0.1) is 5.92 Å². The van der Waals surface area contributed by atoms with E-state index in [0.717, 1.165) is 34.1 Å². The zero-order valence-electron chi connectivity index (χ0n) is 10.2. The molecule has 4 heteroatoms. The standard InChI is InChI=1S/C14H17ClN2O/c15-11-4-5-13-10(7-11)8-14(18-13)12(17-16)6-9-2-1-3-9/h4-5,7-9,12,17H,1-3,6,16H2. The highest BCUT2D eigenvalue weighted by Crippen LogP contribution is 2.36. The number of nitrogens with one attached hydrogen (secondary N) is 1. The maximum Gasteiger partial charge on any atom is 0.134 e. The molecule has 1 atom stereocenters. The summed E-state index contributed by atoms with van der Waals surface area (Å²) in [5.41, 5.74) is 3.73. The average Bonchev–Trinajstić information content (AvgIpc) is 2.70. The first kappa shape index (κ1) is 12.0. The fraction of sp³-hybridized carbons (Fsp3) is 0.429. The van der Waals surface area contributed by atoms with Gasteiger partial charge in [0.2, 0.25) is 0 Å². The fourth-order valence-electron chi connectivity index (χ4n) is 2.53. The smallest absolute Gasteiger partial charge is 0.134 e. The van der Waals surface area contributed by atoms with Gasteiger partial charge in [-0.15, -0.1) is 0 Å². The third-order valence-corrected chi connectivity index (χ3v) is 4.07. The Morgan fingerprint density at radius 2 is 2.22 bits per heavy atom. The van der Waals surface area contributed by atoms with Crippen molar-refractivity contribution < 1.29 is 4.42 Å². The van der Waals surface area contributed by atoms with Crippen LogP contribution in [0.15, 0.2) is 28.7 Å². The van der Waals surface area contributed by atoms with Crippen LogP contribution in [0.4, 0.5) is 0 Å². The van der Waals surface area contributed by atoms with Gasteiger partial charge in [0.1, 0.15) is 11.3 Å². The normalized spacial score (nSPS) is 17.9. The van der Waals surface area contributed by atoms with Crippen LogP contribution < -0.4 is 11.3 Å². The van der Waals surface area contributed by atoms with Crippen molar-refractivity contribution in [1.82, 2.24) is 5.43 Å². The molecule has 1 aromatic carbocycles. The number of furan rings is 1. The number of hydrogen-bond donors (Lipinski definition) is 2. The van der Waals surface area contributed by atoms with Gasteiger partial charge in [-0.3, -0.25) is 5.84 Å². The molecule has 96 valence electrons. The molecule has 0 spiro atoms. The van der Waals surface area contributed by atoms with E-state index < -0.39 is 0 Å². The summed E-state index contributed by atoms with van der Waals surface area (Å²) in [7, 11) is 0. The first-order valence-electron chi connectivity index (χ1n) is 6.41. The summed E-state index contributed by atoms with van der Waals surface area (Å²) in [6, 6.07) is 7.79. The van der Waals surface area contributed by atoms with E-state index >= 15 is 0 Å². The molecule has 0 bridgehead atoms. The molecule has 0 radical (unpaired) electrons. The molecule has 1 aromatic heterocycles. The molecule has 3 N–H and O–H groups in total. The predicted octanol–water partition coefficient (Wildman–Crippen LogP) is 3.78. The molecule has 1 unspecified atom stereocenters. The Kier molecular flexibility index (Phi) is 3.29. The first-order chi connectivity index (χ1) is 8.76. The van der Waals surface area contributed by atoms with Crippen LogP contribution in [0.25, 0.3) is 11.0 Å². The Balaban J connectivity index is 1.86. The van der Waals surface area contributed by atoms with E-state index in [1.165, 1.54) is 19.3 Å². The Morgan fingerprint density at radius 1 is 1.39 bits per heavy atom. The number of rotatable bonds is 4. The van der Waals surface area contributed by atoms with E-state index in [-0.39, 0.29) is 6.04 Å². The molecular formula is C14H17ClN2O. The van der Waals surface area contributed by atoms with Crippen LogP contribution in [-0.2, 0) is 0 Å². The van der Waals surface area contributed by atoms with Gasteiger partial charge in [-0.1, -0.05) is 30.9 Å². The summed E-state index contributed by atoms with van der Waals surface area (Å²) in [4.78, 5) is 0. The summed E-state index contributed by atoms with van der Waals surface area (Å²) < 4.78 is 5.84. The van der Waals surface area contributed by atoms with Gasteiger partial charge in [0.25, 0.3) is 0 Å². The van der Waals surface area contributed by atoms with E-state index in [1.807, 2.05) is 24.3 Å². The number of halogens is 1. The topological polar surface area (TPSA) is 51.2 Å². The van der Waals surface area contributed by atoms with Crippen molar-refractivity contribution in [3.63, 3.8) is 0 Å². The van der Waals surface area contributed by atoms with Crippen molar-refractivity contribution >= 4 is 22.6 Å². The SMILES string of the molecule is NNC(CC1CCC1)c1cc2cc(Cl)ccc2o1. The second-order valence-corrected chi connectivity index (χ2v) is 5.52. The number of hydrazine groups is 1. The summed E-state index contributed by atoms with van der Waals surface area (Å²) in [5.74, 6) is 7.33. The minimum Gasteiger partial charge on any atom is -0.459 e. The van der Waals surface area contributed by atoms with Gasteiger partial charge in [0.05, 0.1) is 6.04 Å². The molecule has 0 amide bonds. The van der Waals surface area contributed by atoms with Crippen molar-refractivity contribution in [2.75, 3.05) is 0 Å². The maximum atomic E-state index is 5.98. The van der Waals surface area contributed by atoms with Crippen molar-refractivity contribution in [1.29, 1.82) is 0 Å². The molecule has 18 heavy (non-hydrogen) atoms. The zero-order chi connectivity index (χ0) is 12.5. The van der Waals surface area contributed by atoms with Gasteiger partial charge < -0.3 is 4.42 Å². The monoisotopic (exact) mass is 264 g/mol. The molecule has 0 aliphatic heterocycles. The van der Waals surface area contributed by atoms with Gasteiger partial charge >= 0.3 is 0 Å². The lowest BCUT2D eigenvalue weighted by Gasteiger charge is -2.28. The van der Waals surface area contributed by atoms with Crippen molar-refractivity contribution in [3.05, 3.63) is 35.0 Å². The summed E-state index contributed by atoms with van der Waals surface area (Å²) in [5, 5.41) is 1.76. The molecule has 1 aliphatic carbocycles. The van der Waals surface area contributed by atoms with Gasteiger partial charge in [-0.25, -0.2) is 5.43 Å². The quantitative estimate of drug-likeness (QED) is 0.653. The third-order valence-electron chi connectivity index (χ3n) is 3.84. The lowest BCUT2D eigenvalue weighted by molar-refractivity contribution is 0.249. The molecule has 3 nitrogen and oxygen atoms in total. The Hall–Kier alpha value is -1.03. The Bertz CT molecular complexity index is 548.